The lowest BCUT2D eigenvalue weighted by Gasteiger charge is -2.39. The Hall–Kier alpha value is -5.24. The van der Waals surface area contributed by atoms with E-state index in [1.807, 2.05) is 6.92 Å². The molecule has 2 atom stereocenters. The zero-order valence-corrected chi connectivity index (χ0v) is 26.6. The van der Waals surface area contributed by atoms with E-state index in [4.69, 9.17) is 20.2 Å². The van der Waals surface area contributed by atoms with E-state index in [0.717, 1.165) is 6.07 Å². The topological polar surface area (TPSA) is 135 Å². The highest BCUT2D eigenvalue weighted by Crippen LogP contribution is 2.37. The Morgan fingerprint density at radius 3 is 2.30 bits per heavy atom. The van der Waals surface area contributed by atoms with Gasteiger partial charge in [-0.1, -0.05) is 6.92 Å². The minimum Gasteiger partial charge on any atom is -0.497 e. The van der Waals surface area contributed by atoms with E-state index in [0.29, 0.717) is 36.6 Å². The molecule has 1 fully saturated rings. The lowest BCUT2D eigenvalue weighted by atomic mass is 10.1. The molecule has 14 heteroatoms. The average molecular weight is 650 g/mol. The first-order valence-corrected chi connectivity index (χ1v) is 15.2. The number of nitrogens with zero attached hydrogens (tertiary/aromatic N) is 5. The van der Waals surface area contributed by atoms with E-state index in [1.54, 1.807) is 35.0 Å². The number of hydrogen-bond donors (Lipinski definition) is 2. The zero-order chi connectivity index (χ0) is 33.8. The van der Waals surface area contributed by atoms with Crippen LogP contribution in [-0.4, -0.2) is 72.9 Å². The number of methoxy groups -OCH3 is 2. The molecule has 1 aliphatic rings. The normalized spacial score (nSPS) is 14.4. The summed E-state index contributed by atoms with van der Waals surface area (Å²) in [5, 5.41) is 4.72. The molecule has 0 aliphatic carbocycles. The van der Waals surface area contributed by atoms with Crippen LogP contribution in [0.2, 0.25) is 0 Å². The van der Waals surface area contributed by atoms with Gasteiger partial charge in [-0.05, 0) is 61.9 Å². The number of nitrogens with one attached hydrogen (secondary N) is 1. The summed E-state index contributed by atoms with van der Waals surface area (Å²) in [7, 11) is 2.94. The number of hydrogen-bond acceptors (Lipinski definition) is 8. The van der Waals surface area contributed by atoms with Crippen LogP contribution in [-0.2, 0) is 4.79 Å². The summed E-state index contributed by atoms with van der Waals surface area (Å²) in [4.78, 5) is 48.8. The standard InChI is InChI=1S/C33H37F2N7O5/c1-5-26(36)32(44)39-14-16-40(17-15-39)42-30(38-27-18-22(35)8-12-25(27)31(42)43)20(2)41(28-13-11-24(46-3)19-29(28)47-4)33(45)37-23-9-6-21(34)7-10-23/h6-13,18-20,26H,5,14-17,36H2,1-4H3,(H,37,45). The van der Waals surface area contributed by atoms with E-state index >= 15 is 0 Å². The SMILES string of the molecule is CCC(N)C(=O)N1CCN(n2c(C(C)N(C(=O)Nc3ccc(F)cc3)c3ccc(OC)cc3OC)nc3cc(F)ccc3c2=O)CC1. The van der Waals surface area contributed by atoms with Crippen molar-refractivity contribution in [2.45, 2.75) is 32.4 Å². The number of fused-ring (bicyclic) bond motifs is 1. The van der Waals surface area contributed by atoms with E-state index in [2.05, 4.69) is 5.32 Å². The third-order valence-electron chi connectivity index (χ3n) is 8.16. The van der Waals surface area contributed by atoms with Crippen molar-refractivity contribution in [1.82, 2.24) is 14.6 Å². The second-order valence-electron chi connectivity index (χ2n) is 11.1. The summed E-state index contributed by atoms with van der Waals surface area (Å²) >= 11 is 0. The minimum absolute atomic E-state index is 0.108. The third kappa shape index (κ3) is 6.82. The van der Waals surface area contributed by atoms with E-state index in [1.165, 1.54) is 60.2 Å². The van der Waals surface area contributed by atoms with Gasteiger partial charge in [-0.2, -0.15) is 0 Å². The molecule has 12 nitrogen and oxygen atoms in total. The van der Waals surface area contributed by atoms with Crippen LogP contribution < -0.4 is 36.0 Å². The molecule has 1 saturated heterocycles. The number of halogens is 2. The maximum absolute atomic E-state index is 14.4. The molecule has 0 radical (unpaired) electrons. The molecule has 3 amide bonds. The molecule has 3 aromatic carbocycles. The van der Waals surface area contributed by atoms with Crippen LogP contribution in [0.3, 0.4) is 0 Å². The van der Waals surface area contributed by atoms with Gasteiger partial charge in [-0.15, -0.1) is 0 Å². The van der Waals surface area contributed by atoms with Gasteiger partial charge in [-0.25, -0.2) is 23.2 Å². The van der Waals surface area contributed by atoms with Crippen LogP contribution in [0.15, 0.2) is 65.5 Å². The first-order chi connectivity index (χ1) is 22.6. The molecule has 1 aromatic heterocycles. The van der Waals surface area contributed by atoms with Gasteiger partial charge >= 0.3 is 6.03 Å². The highest BCUT2D eigenvalue weighted by atomic mass is 19.1. The predicted octanol–water partition coefficient (Wildman–Crippen LogP) is 4.01. The molecule has 1 aliphatic heterocycles. The number of anilines is 2. The summed E-state index contributed by atoms with van der Waals surface area (Å²) in [5.41, 5.74) is 6.26. The van der Waals surface area contributed by atoms with Crippen LogP contribution in [0.1, 0.15) is 32.1 Å². The number of urea groups is 1. The van der Waals surface area contributed by atoms with Crippen LogP contribution in [0.4, 0.5) is 25.0 Å². The molecule has 0 spiro atoms. The quantitative estimate of drug-likeness (QED) is 0.278. The van der Waals surface area contributed by atoms with E-state index in [-0.39, 0.29) is 41.5 Å². The van der Waals surface area contributed by atoms with Crippen molar-refractivity contribution in [3.63, 3.8) is 0 Å². The van der Waals surface area contributed by atoms with Gasteiger partial charge in [0.1, 0.15) is 23.1 Å². The number of amides is 3. The van der Waals surface area contributed by atoms with Gasteiger partial charge in [0.05, 0.1) is 56.0 Å². The Morgan fingerprint density at radius 1 is 0.979 bits per heavy atom. The summed E-state index contributed by atoms with van der Waals surface area (Å²) < 4.78 is 40.5. The molecule has 0 bridgehead atoms. The summed E-state index contributed by atoms with van der Waals surface area (Å²) in [6.45, 7) is 4.65. The maximum atomic E-state index is 14.4. The summed E-state index contributed by atoms with van der Waals surface area (Å²) in [6.07, 6.45) is 0.496. The molecule has 3 N–H and O–H groups in total. The molecule has 47 heavy (non-hydrogen) atoms. The van der Waals surface area contributed by atoms with Gasteiger partial charge < -0.3 is 30.4 Å². The van der Waals surface area contributed by atoms with Gasteiger partial charge in [0, 0.05) is 30.9 Å². The third-order valence-corrected chi connectivity index (χ3v) is 8.16. The number of benzene rings is 3. The minimum atomic E-state index is -0.966. The molecule has 248 valence electrons. The van der Waals surface area contributed by atoms with Crippen molar-refractivity contribution < 1.29 is 27.8 Å². The molecular weight excluding hydrogens is 612 g/mol. The number of ether oxygens (including phenoxy) is 2. The molecule has 2 unspecified atom stereocenters. The first kappa shape index (κ1) is 33.1. The molecular formula is C33H37F2N7O5. The lowest BCUT2D eigenvalue weighted by molar-refractivity contribution is -0.133. The number of piperazine rings is 1. The molecule has 2 heterocycles. The second-order valence-corrected chi connectivity index (χ2v) is 11.1. The fourth-order valence-corrected chi connectivity index (χ4v) is 5.55. The van der Waals surface area contributed by atoms with Gasteiger partial charge in [0.15, 0.2) is 5.82 Å². The average Bonchev–Trinajstić information content (AvgIpc) is 3.08. The zero-order valence-electron chi connectivity index (χ0n) is 26.6. The summed E-state index contributed by atoms with van der Waals surface area (Å²) in [5.74, 6) is -0.335. The fraction of sp³-hybridized carbons (Fsp3) is 0.333. The number of carbonyl (C=O) groups excluding carboxylic acids is 2. The number of nitrogens with two attached hydrogens (primary N) is 1. The van der Waals surface area contributed by atoms with Crippen molar-refractivity contribution in [2.24, 2.45) is 5.73 Å². The molecule has 0 saturated carbocycles. The monoisotopic (exact) mass is 649 g/mol. The number of aromatic nitrogens is 2. The first-order valence-electron chi connectivity index (χ1n) is 15.2. The maximum Gasteiger partial charge on any atom is 0.327 e. The van der Waals surface area contributed by atoms with Crippen molar-refractivity contribution >= 4 is 34.2 Å². The number of carbonyl (C=O) groups is 2. The van der Waals surface area contributed by atoms with E-state index in [9.17, 15) is 23.2 Å². The lowest BCUT2D eigenvalue weighted by Crippen LogP contribution is -2.58. The number of rotatable bonds is 9. The Morgan fingerprint density at radius 2 is 1.66 bits per heavy atom. The van der Waals surface area contributed by atoms with E-state index < -0.39 is 35.3 Å². The van der Waals surface area contributed by atoms with Crippen LogP contribution in [0.25, 0.3) is 10.9 Å². The van der Waals surface area contributed by atoms with Crippen molar-refractivity contribution in [3.05, 3.63) is 88.5 Å². The second kappa shape index (κ2) is 14.0. The van der Waals surface area contributed by atoms with Crippen LogP contribution in [0.5, 0.6) is 11.5 Å². The van der Waals surface area contributed by atoms with Crippen molar-refractivity contribution in [3.8, 4) is 11.5 Å². The smallest absolute Gasteiger partial charge is 0.327 e. The van der Waals surface area contributed by atoms with Gasteiger partial charge in [-0.3, -0.25) is 14.5 Å². The van der Waals surface area contributed by atoms with Gasteiger partial charge in [0.25, 0.3) is 5.56 Å². The Kier molecular flexibility index (Phi) is 9.89. The highest BCUT2D eigenvalue weighted by Gasteiger charge is 2.33. The van der Waals surface area contributed by atoms with Crippen molar-refractivity contribution in [2.75, 3.05) is 55.6 Å². The highest BCUT2D eigenvalue weighted by molar-refractivity contribution is 6.03. The van der Waals surface area contributed by atoms with Crippen molar-refractivity contribution in [1.29, 1.82) is 0 Å². The largest absolute Gasteiger partial charge is 0.497 e. The molecule has 5 rings (SSSR count). The Balaban J connectivity index is 1.64. The Labute approximate surface area is 270 Å². The summed E-state index contributed by atoms with van der Waals surface area (Å²) in [6, 6.07) is 11.6. The molecule has 4 aromatic rings. The fourth-order valence-electron chi connectivity index (χ4n) is 5.55. The Bertz CT molecular complexity index is 1830. The van der Waals surface area contributed by atoms with Crippen LogP contribution >= 0.6 is 0 Å². The predicted molar refractivity (Wildman–Crippen MR) is 175 cm³/mol. The van der Waals surface area contributed by atoms with Crippen LogP contribution in [0, 0.1) is 11.6 Å². The van der Waals surface area contributed by atoms with Gasteiger partial charge in [0.2, 0.25) is 5.91 Å².